The van der Waals surface area contributed by atoms with Gasteiger partial charge in [-0.25, -0.2) is 4.39 Å². The van der Waals surface area contributed by atoms with Gasteiger partial charge in [-0.3, -0.25) is 14.9 Å². The highest BCUT2D eigenvalue weighted by Gasteiger charge is 2.23. The van der Waals surface area contributed by atoms with Crippen LogP contribution in [0.1, 0.15) is 29.0 Å². The summed E-state index contributed by atoms with van der Waals surface area (Å²) in [6.45, 7) is 1.90. The number of pyridine rings is 1. The molecule has 30 heavy (non-hydrogen) atoms. The zero-order chi connectivity index (χ0) is 21.1. The second-order valence-electron chi connectivity index (χ2n) is 6.78. The number of carbonyl (C=O) groups is 1. The minimum atomic E-state index is -0.335. The van der Waals surface area contributed by atoms with E-state index in [2.05, 4.69) is 43.1 Å². The Labute approximate surface area is 186 Å². The van der Waals surface area contributed by atoms with Gasteiger partial charge in [0.1, 0.15) is 11.5 Å². The summed E-state index contributed by atoms with van der Waals surface area (Å²) in [6.07, 6.45) is 3.41. The first-order chi connectivity index (χ1) is 14.5. The third-order valence-electron chi connectivity index (χ3n) is 4.78. The van der Waals surface area contributed by atoms with Gasteiger partial charge in [-0.05, 0) is 83.6 Å². The Kier molecular flexibility index (Phi) is 5.89. The lowest BCUT2D eigenvalue weighted by atomic mass is 9.97. The van der Waals surface area contributed by atoms with Crippen LogP contribution in [-0.4, -0.2) is 21.1 Å². The molecule has 0 saturated carbocycles. The number of hydrogen-bond donors (Lipinski definition) is 2. The van der Waals surface area contributed by atoms with Gasteiger partial charge < -0.3 is 5.32 Å². The number of amides is 1. The van der Waals surface area contributed by atoms with Crippen LogP contribution in [0.25, 0.3) is 22.4 Å². The fourth-order valence-electron chi connectivity index (χ4n) is 3.29. The third-order valence-corrected chi connectivity index (χ3v) is 5.72. The van der Waals surface area contributed by atoms with Gasteiger partial charge >= 0.3 is 0 Å². The molecule has 4 rings (SSSR count). The zero-order valence-corrected chi connectivity index (χ0v) is 18.2. The van der Waals surface area contributed by atoms with E-state index in [1.54, 1.807) is 30.6 Å². The van der Waals surface area contributed by atoms with Crippen molar-refractivity contribution in [3.8, 4) is 22.4 Å². The molecule has 2 aromatic carbocycles. The van der Waals surface area contributed by atoms with Crippen molar-refractivity contribution in [3.63, 3.8) is 0 Å². The second-order valence-corrected chi connectivity index (χ2v) is 7.94. The predicted octanol–water partition coefficient (Wildman–Crippen LogP) is 5.37. The van der Waals surface area contributed by atoms with Gasteiger partial charge in [-0.2, -0.15) is 5.10 Å². The molecule has 2 heterocycles. The molecule has 0 radical (unpaired) electrons. The first-order valence-electron chi connectivity index (χ1n) is 9.34. The molecule has 0 saturated heterocycles. The van der Waals surface area contributed by atoms with E-state index >= 15 is 0 Å². The maximum Gasteiger partial charge on any atom is 0.252 e. The maximum absolute atomic E-state index is 13.4. The van der Waals surface area contributed by atoms with Crippen molar-refractivity contribution in [1.29, 1.82) is 0 Å². The fourth-order valence-corrected chi connectivity index (χ4v) is 3.92. The van der Waals surface area contributed by atoms with Crippen LogP contribution in [0.4, 0.5) is 4.39 Å². The summed E-state index contributed by atoms with van der Waals surface area (Å²) < 4.78 is 14.3. The third kappa shape index (κ3) is 4.11. The minimum Gasteiger partial charge on any atom is -0.344 e. The molecule has 0 aliphatic heterocycles. The van der Waals surface area contributed by atoms with E-state index in [1.165, 1.54) is 12.1 Å². The number of aromatic nitrogens is 3. The molecular weight excluding hydrogens is 494 g/mol. The zero-order valence-electron chi connectivity index (χ0n) is 16.1. The Balaban J connectivity index is 1.73. The average molecular weight is 512 g/mol. The molecular formula is C23H18FIN4O. The Morgan fingerprint density at radius 2 is 1.73 bits per heavy atom. The van der Waals surface area contributed by atoms with Crippen molar-refractivity contribution < 1.29 is 9.18 Å². The Morgan fingerprint density at radius 3 is 2.43 bits per heavy atom. The van der Waals surface area contributed by atoms with Gasteiger partial charge in [0.2, 0.25) is 0 Å². The minimum absolute atomic E-state index is 0.161. The van der Waals surface area contributed by atoms with Crippen molar-refractivity contribution >= 4 is 28.5 Å². The summed E-state index contributed by atoms with van der Waals surface area (Å²) in [5.74, 6) is -0.468. The largest absolute Gasteiger partial charge is 0.344 e. The molecule has 7 heteroatoms. The predicted molar refractivity (Wildman–Crippen MR) is 122 cm³/mol. The normalized spacial score (nSPS) is 11.8. The van der Waals surface area contributed by atoms with Gasteiger partial charge in [0.25, 0.3) is 5.91 Å². The second kappa shape index (κ2) is 8.74. The highest BCUT2D eigenvalue weighted by molar-refractivity contribution is 14.1. The van der Waals surface area contributed by atoms with E-state index in [0.717, 1.165) is 26.0 Å². The Bertz CT molecular complexity index is 1180. The molecule has 0 fully saturated rings. The van der Waals surface area contributed by atoms with E-state index in [1.807, 2.05) is 37.3 Å². The number of carbonyl (C=O) groups excluding carboxylic acids is 1. The van der Waals surface area contributed by atoms with E-state index in [9.17, 15) is 9.18 Å². The van der Waals surface area contributed by atoms with Gasteiger partial charge in [-0.15, -0.1) is 0 Å². The monoisotopic (exact) mass is 512 g/mol. The van der Waals surface area contributed by atoms with Crippen molar-refractivity contribution in [2.45, 2.75) is 13.0 Å². The molecule has 0 aliphatic carbocycles. The van der Waals surface area contributed by atoms with E-state index in [-0.39, 0.29) is 17.8 Å². The number of benzene rings is 2. The SMILES string of the molecule is C[C@@H](NC(=O)c1ccccc1I)c1[nH]nc(-c2ccc(F)cc2)c1-c1ccncc1. The molecule has 150 valence electrons. The molecule has 1 atom stereocenters. The van der Waals surface area contributed by atoms with Crippen LogP contribution in [0, 0.1) is 9.39 Å². The summed E-state index contributed by atoms with van der Waals surface area (Å²) >= 11 is 2.15. The molecule has 1 amide bonds. The molecule has 4 aromatic rings. The number of hydrogen-bond acceptors (Lipinski definition) is 3. The first-order valence-corrected chi connectivity index (χ1v) is 10.4. The summed E-state index contributed by atoms with van der Waals surface area (Å²) in [4.78, 5) is 16.9. The van der Waals surface area contributed by atoms with Crippen LogP contribution in [-0.2, 0) is 0 Å². The van der Waals surface area contributed by atoms with Crippen LogP contribution in [0.5, 0.6) is 0 Å². The molecule has 0 unspecified atom stereocenters. The molecule has 0 spiro atoms. The van der Waals surface area contributed by atoms with Crippen LogP contribution in [0.2, 0.25) is 0 Å². The molecule has 5 nitrogen and oxygen atoms in total. The van der Waals surface area contributed by atoms with Crippen LogP contribution >= 0.6 is 22.6 Å². The standard InChI is InChI=1S/C23H18FIN4O/c1-14(27-23(30)18-4-2-3-5-19(18)25)21-20(15-10-12-26-13-11-15)22(29-28-21)16-6-8-17(24)9-7-16/h2-14H,1H3,(H,27,30)(H,28,29)/t14-/m1/s1. The van der Waals surface area contributed by atoms with E-state index in [4.69, 9.17) is 0 Å². The molecule has 2 N–H and O–H groups in total. The van der Waals surface area contributed by atoms with Gasteiger partial charge in [0.15, 0.2) is 0 Å². The number of halogens is 2. The lowest BCUT2D eigenvalue weighted by molar-refractivity contribution is 0.0938. The topological polar surface area (TPSA) is 70.7 Å². The van der Waals surface area contributed by atoms with Gasteiger partial charge in [0.05, 0.1) is 17.3 Å². The van der Waals surface area contributed by atoms with E-state index in [0.29, 0.717) is 11.3 Å². The summed E-state index contributed by atoms with van der Waals surface area (Å²) in [7, 11) is 0. The quantitative estimate of drug-likeness (QED) is 0.353. The van der Waals surface area contributed by atoms with Crippen molar-refractivity contribution in [2.24, 2.45) is 0 Å². The number of rotatable bonds is 5. The van der Waals surface area contributed by atoms with E-state index < -0.39 is 0 Å². The highest BCUT2D eigenvalue weighted by Crippen LogP contribution is 2.35. The number of aromatic amines is 1. The van der Waals surface area contributed by atoms with Crippen LogP contribution in [0.15, 0.2) is 73.1 Å². The smallest absolute Gasteiger partial charge is 0.252 e. The van der Waals surface area contributed by atoms with Crippen molar-refractivity contribution in [3.05, 3.63) is 93.7 Å². The van der Waals surface area contributed by atoms with Crippen LogP contribution < -0.4 is 5.32 Å². The van der Waals surface area contributed by atoms with Crippen molar-refractivity contribution in [1.82, 2.24) is 20.5 Å². The fraction of sp³-hybridized carbons (Fsp3) is 0.0870. The van der Waals surface area contributed by atoms with Gasteiger partial charge in [0, 0.05) is 27.1 Å². The lowest BCUT2D eigenvalue weighted by Crippen LogP contribution is -2.27. The lowest BCUT2D eigenvalue weighted by Gasteiger charge is -2.16. The molecule has 2 aromatic heterocycles. The number of nitrogens with one attached hydrogen (secondary N) is 2. The van der Waals surface area contributed by atoms with Gasteiger partial charge in [-0.1, -0.05) is 12.1 Å². The first kappa shape index (κ1) is 20.2. The Hall–Kier alpha value is -3.07. The number of nitrogens with zero attached hydrogens (tertiary/aromatic N) is 2. The summed E-state index contributed by atoms with van der Waals surface area (Å²) in [5.41, 5.74) is 4.60. The maximum atomic E-state index is 13.4. The van der Waals surface area contributed by atoms with Crippen LogP contribution in [0.3, 0.4) is 0 Å². The molecule has 0 bridgehead atoms. The highest BCUT2D eigenvalue weighted by atomic mass is 127. The summed E-state index contributed by atoms with van der Waals surface area (Å²) in [5, 5.41) is 10.6. The van der Waals surface area contributed by atoms with Crippen molar-refractivity contribution in [2.75, 3.05) is 0 Å². The number of H-pyrrole nitrogens is 1. The Morgan fingerprint density at radius 1 is 1.03 bits per heavy atom. The average Bonchev–Trinajstić information content (AvgIpc) is 3.20. The summed E-state index contributed by atoms with van der Waals surface area (Å²) in [6, 6.07) is 17.1. The molecule has 0 aliphatic rings.